The Morgan fingerprint density at radius 1 is 1.19 bits per heavy atom. The summed E-state index contributed by atoms with van der Waals surface area (Å²) in [6, 6.07) is 0. The van der Waals surface area contributed by atoms with Gasteiger partial charge in [0.2, 0.25) is 0 Å². The molecule has 1 saturated heterocycles. The first-order valence-corrected chi connectivity index (χ1v) is 5.65. The predicted molar refractivity (Wildman–Crippen MR) is 59.0 cm³/mol. The van der Waals surface area contributed by atoms with Crippen molar-refractivity contribution in [1.29, 1.82) is 0 Å². The third-order valence-corrected chi connectivity index (χ3v) is 2.71. The van der Waals surface area contributed by atoms with Gasteiger partial charge in [-0.15, -0.1) is 12.6 Å². The van der Waals surface area contributed by atoms with Crippen molar-refractivity contribution < 1.29 is 23.8 Å². The number of hydrogen-bond acceptors (Lipinski definition) is 6. The van der Waals surface area contributed by atoms with Crippen LogP contribution in [0.1, 0.15) is 27.2 Å². The SMILES string of the molecule is CC[C@H]1O[C@H](S)C(OC(C)=O)[C@H]1OC(C)=O. The molecule has 0 bridgehead atoms. The molecule has 0 N–H and O–H groups in total. The second-order valence-electron chi connectivity index (χ2n) is 3.62. The lowest BCUT2D eigenvalue weighted by Gasteiger charge is -2.21. The smallest absolute Gasteiger partial charge is 0.303 e. The molecule has 0 aromatic heterocycles. The van der Waals surface area contributed by atoms with Gasteiger partial charge >= 0.3 is 11.9 Å². The molecule has 1 aliphatic heterocycles. The largest absolute Gasteiger partial charge is 0.456 e. The van der Waals surface area contributed by atoms with Crippen LogP contribution in [0, 0.1) is 0 Å². The van der Waals surface area contributed by atoms with Crippen molar-refractivity contribution in [2.24, 2.45) is 0 Å². The van der Waals surface area contributed by atoms with E-state index in [-0.39, 0.29) is 6.10 Å². The van der Waals surface area contributed by atoms with Crippen LogP contribution in [0.25, 0.3) is 0 Å². The second-order valence-corrected chi connectivity index (χ2v) is 4.13. The number of thiol groups is 1. The maximum absolute atomic E-state index is 11.0. The van der Waals surface area contributed by atoms with Crippen LogP contribution < -0.4 is 0 Å². The van der Waals surface area contributed by atoms with Gasteiger partial charge in [0.15, 0.2) is 12.2 Å². The first kappa shape index (κ1) is 13.3. The molecule has 1 fully saturated rings. The molecular formula is C10H16O5S. The Morgan fingerprint density at radius 2 is 1.69 bits per heavy atom. The number of carbonyl (C=O) groups is 2. The predicted octanol–water partition coefficient (Wildman–Crippen LogP) is 0.914. The summed E-state index contributed by atoms with van der Waals surface area (Å²) in [4.78, 5) is 21.9. The zero-order chi connectivity index (χ0) is 12.3. The van der Waals surface area contributed by atoms with Crippen molar-refractivity contribution in [1.82, 2.24) is 0 Å². The summed E-state index contributed by atoms with van der Waals surface area (Å²) in [6.45, 7) is 4.51. The topological polar surface area (TPSA) is 61.8 Å². The van der Waals surface area contributed by atoms with Crippen molar-refractivity contribution in [3.63, 3.8) is 0 Å². The zero-order valence-electron chi connectivity index (χ0n) is 9.50. The number of rotatable bonds is 3. The molecule has 5 nitrogen and oxygen atoms in total. The molecular weight excluding hydrogens is 232 g/mol. The van der Waals surface area contributed by atoms with E-state index in [1.165, 1.54) is 13.8 Å². The highest BCUT2D eigenvalue weighted by Gasteiger charge is 2.46. The minimum absolute atomic E-state index is 0.282. The highest BCUT2D eigenvalue weighted by molar-refractivity contribution is 7.80. The molecule has 0 aromatic rings. The van der Waals surface area contributed by atoms with E-state index in [1.807, 2.05) is 6.92 Å². The molecule has 0 amide bonds. The van der Waals surface area contributed by atoms with Crippen molar-refractivity contribution in [3.8, 4) is 0 Å². The molecule has 0 aromatic carbocycles. The van der Waals surface area contributed by atoms with E-state index in [9.17, 15) is 9.59 Å². The third-order valence-electron chi connectivity index (χ3n) is 2.29. The zero-order valence-corrected chi connectivity index (χ0v) is 10.4. The summed E-state index contributed by atoms with van der Waals surface area (Å²) in [6.07, 6.45) is -0.841. The van der Waals surface area contributed by atoms with Gasteiger partial charge in [-0.2, -0.15) is 0 Å². The minimum atomic E-state index is -0.644. The molecule has 92 valence electrons. The van der Waals surface area contributed by atoms with E-state index in [4.69, 9.17) is 14.2 Å². The Labute approximate surface area is 99.8 Å². The van der Waals surface area contributed by atoms with E-state index in [0.717, 1.165) is 0 Å². The fourth-order valence-corrected chi connectivity index (χ4v) is 2.07. The molecule has 1 rings (SSSR count). The van der Waals surface area contributed by atoms with Crippen LogP contribution in [-0.4, -0.2) is 35.7 Å². The Hall–Kier alpha value is -0.750. The van der Waals surface area contributed by atoms with Crippen LogP contribution in [0.2, 0.25) is 0 Å². The molecule has 1 aliphatic rings. The first-order chi connectivity index (χ1) is 7.45. The number of hydrogen-bond donors (Lipinski definition) is 1. The van der Waals surface area contributed by atoms with Gasteiger partial charge in [-0.05, 0) is 6.42 Å². The van der Waals surface area contributed by atoms with Crippen LogP contribution in [0.5, 0.6) is 0 Å². The summed E-state index contributed by atoms with van der Waals surface area (Å²) in [5, 5.41) is 0. The molecule has 0 aliphatic carbocycles. The standard InChI is InChI=1S/C10H16O5S/c1-4-7-8(13-5(2)11)9(10(16)15-7)14-6(3)12/h7-10,16H,4H2,1-3H3/t7-,8+,9?,10-/m1/s1. The van der Waals surface area contributed by atoms with E-state index in [0.29, 0.717) is 6.42 Å². The summed E-state index contributed by atoms with van der Waals surface area (Å²) in [5.41, 5.74) is -0.557. The quantitative estimate of drug-likeness (QED) is 0.594. The normalized spacial score (nSPS) is 33.5. The van der Waals surface area contributed by atoms with Gasteiger partial charge < -0.3 is 14.2 Å². The Balaban J connectivity index is 2.76. The van der Waals surface area contributed by atoms with E-state index in [2.05, 4.69) is 12.6 Å². The second kappa shape index (κ2) is 5.54. The fourth-order valence-electron chi connectivity index (χ4n) is 1.69. The molecule has 16 heavy (non-hydrogen) atoms. The monoisotopic (exact) mass is 248 g/mol. The lowest BCUT2D eigenvalue weighted by molar-refractivity contribution is -0.163. The van der Waals surface area contributed by atoms with E-state index in [1.54, 1.807) is 0 Å². The third kappa shape index (κ3) is 3.12. The van der Waals surface area contributed by atoms with Crippen LogP contribution in [-0.2, 0) is 23.8 Å². The van der Waals surface area contributed by atoms with Gasteiger partial charge in [0, 0.05) is 13.8 Å². The summed E-state index contributed by atoms with van der Waals surface area (Å²) in [7, 11) is 0. The summed E-state index contributed by atoms with van der Waals surface area (Å²) in [5.74, 6) is -0.867. The van der Waals surface area contributed by atoms with Gasteiger partial charge in [0.05, 0.1) is 6.10 Å². The van der Waals surface area contributed by atoms with Crippen molar-refractivity contribution in [2.45, 2.75) is 50.9 Å². The molecule has 4 atom stereocenters. The lowest BCUT2D eigenvalue weighted by atomic mass is 10.1. The summed E-state index contributed by atoms with van der Waals surface area (Å²) >= 11 is 4.17. The van der Waals surface area contributed by atoms with Crippen molar-refractivity contribution in [3.05, 3.63) is 0 Å². The Morgan fingerprint density at radius 3 is 2.12 bits per heavy atom. The Bertz CT molecular complexity index is 280. The molecule has 1 unspecified atom stereocenters. The average Bonchev–Trinajstić information content (AvgIpc) is 2.44. The average molecular weight is 248 g/mol. The van der Waals surface area contributed by atoms with Crippen LogP contribution in [0.3, 0.4) is 0 Å². The lowest BCUT2D eigenvalue weighted by Crippen LogP contribution is -2.38. The van der Waals surface area contributed by atoms with Gasteiger partial charge in [-0.3, -0.25) is 9.59 Å². The highest BCUT2D eigenvalue weighted by atomic mass is 32.1. The molecule has 0 radical (unpaired) electrons. The van der Waals surface area contributed by atoms with Crippen molar-refractivity contribution >= 4 is 24.6 Å². The summed E-state index contributed by atoms with van der Waals surface area (Å²) < 4.78 is 15.6. The number of esters is 2. The molecule has 1 heterocycles. The number of carbonyl (C=O) groups excluding carboxylic acids is 2. The van der Waals surface area contributed by atoms with Gasteiger partial charge in [-0.1, -0.05) is 6.92 Å². The van der Waals surface area contributed by atoms with E-state index >= 15 is 0 Å². The van der Waals surface area contributed by atoms with Crippen LogP contribution >= 0.6 is 12.6 Å². The van der Waals surface area contributed by atoms with Gasteiger partial charge in [-0.25, -0.2) is 0 Å². The maximum atomic E-state index is 11.0. The van der Waals surface area contributed by atoms with Crippen LogP contribution in [0.4, 0.5) is 0 Å². The van der Waals surface area contributed by atoms with Gasteiger partial charge in [0.1, 0.15) is 5.44 Å². The molecule has 6 heteroatoms. The van der Waals surface area contributed by atoms with Crippen LogP contribution in [0.15, 0.2) is 0 Å². The number of ether oxygens (including phenoxy) is 3. The first-order valence-electron chi connectivity index (χ1n) is 5.13. The molecule has 0 spiro atoms. The van der Waals surface area contributed by atoms with Gasteiger partial charge in [0.25, 0.3) is 0 Å². The fraction of sp³-hybridized carbons (Fsp3) is 0.800. The minimum Gasteiger partial charge on any atom is -0.456 e. The highest BCUT2D eigenvalue weighted by Crippen LogP contribution is 2.30. The molecule has 0 saturated carbocycles. The van der Waals surface area contributed by atoms with Crippen molar-refractivity contribution in [2.75, 3.05) is 0 Å². The maximum Gasteiger partial charge on any atom is 0.303 e. The Kier molecular flexibility index (Phi) is 4.61. The van der Waals surface area contributed by atoms with E-state index < -0.39 is 29.6 Å².